The SMILES string of the molecule is COc1cccc2c(N3CCN([C@@H]4CN[C@H](C(=O)N5CCSC5)C4)CC3)cc(C(F)(F)F)nc12.Cl.Cl. The molecule has 3 saturated heterocycles. The van der Waals surface area contributed by atoms with E-state index in [1.807, 2.05) is 9.80 Å². The predicted molar refractivity (Wildman–Crippen MR) is 141 cm³/mol. The largest absolute Gasteiger partial charge is 0.494 e. The molecule has 13 heteroatoms. The van der Waals surface area contributed by atoms with E-state index in [0.29, 0.717) is 29.9 Å². The number of rotatable bonds is 4. The number of methoxy groups -OCH3 is 1. The fourth-order valence-electron chi connectivity index (χ4n) is 5.10. The van der Waals surface area contributed by atoms with Crippen molar-refractivity contribution in [3.8, 4) is 5.75 Å². The lowest BCUT2D eigenvalue weighted by atomic mass is 10.1. The molecule has 0 saturated carbocycles. The highest BCUT2D eigenvalue weighted by atomic mass is 35.5. The smallest absolute Gasteiger partial charge is 0.433 e. The van der Waals surface area contributed by atoms with Crippen LogP contribution in [-0.2, 0) is 11.0 Å². The molecule has 7 nitrogen and oxygen atoms in total. The molecule has 0 spiro atoms. The summed E-state index contributed by atoms with van der Waals surface area (Å²) >= 11 is 1.78. The normalized spacial score (nSPS) is 22.9. The van der Waals surface area contributed by atoms with E-state index in [2.05, 4.69) is 15.2 Å². The van der Waals surface area contributed by atoms with Crippen LogP contribution in [0.15, 0.2) is 24.3 Å². The lowest BCUT2D eigenvalue weighted by molar-refractivity contribution is -0.141. The zero-order valence-corrected chi connectivity index (χ0v) is 22.2. The van der Waals surface area contributed by atoms with Gasteiger partial charge in [-0.2, -0.15) is 13.2 Å². The third-order valence-corrected chi connectivity index (χ3v) is 7.90. The molecule has 0 aliphatic carbocycles. The topological polar surface area (TPSA) is 60.9 Å². The van der Waals surface area contributed by atoms with Crippen LogP contribution in [0.1, 0.15) is 12.1 Å². The maximum absolute atomic E-state index is 13.6. The number of carbonyl (C=O) groups excluding carboxylic acids is 1. The van der Waals surface area contributed by atoms with Gasteiger partial charge in [0.1, 0.15) is 17.0 Å². The fourth-order valence-corrected chi connectivity index (χ4v) is 6.05. The zero-order valence-electron chi connectivity index (χ0n) is 19.8. The van der Waals surface area contributed by atoms with Gasteiger partial charge in [-0.1, -0.05) is 12.1 Å². The first kappa shape index (κ1) is 28.9. The van der Waals surface area contributed by atoms with Crippen LogP contribution in [0, 0.1) is 0 Å². The van der Waals surface area contributed by atoms with Crippen molar-refractivity contribution in [1.29, 1.82) is 0 Å². The third-order valence-electron chi connectivity index (χ3n) is 6.93. The molecule has 36 heavy (non-hydrogen) atoms. The number of fused-ring (bicyclic) bond motifs is 1. The molecule has 1 aromatic carbocycles. The van der Waals surface area contributed by atoms with Gasteiger partial charge in [0.15, 0.2) is 0 Å². The number of anilines is 1. The lowest BCUT2D eigenvalue weighted by Gasteiger charge is -2.39. The van der Waals surface area contributed by atoms with Gasteiger partial charge in [-0.15, -0.1) is 36.6 Å². The Morgan fingerprint density at radius 1 is 1.17 bits per heavy atom. The maximum atomic E-state index is 13.6. The number of hydrogen-bond acceptors (Lipinski definition) is 7. The number of pyridine rings is 1. The minimum absolute atomic E-state index is 0. The van der Waals surface area contributed by atoms with E-state index in [1.165, 1.54) is 7.11 Å². The van der Waals surface area contributed by atoms with Gasteiger partial charge in [0.25, 0.3) is 0 Å². The van der Waals surface area contributed by atoms with E-state index >= 15 is 0 Å². The van der Waals surface area contributed by atoms with Crippen molar-refractivity contribution in [3.63, 3.8) is 0 Å². The van der Waals surface area contributed by atoms with Crippen molar-refractivity contribution in [2.75, 3.05) is 62.9 Å². The van der Waals surface area contributed by atoms with Crippen LogP contribution in [-0.4, -0.2) is 90.8 Å². The standard InChI is InChI=1S/C23H28F3N5O2S.2ClH/c1-33-19-4-2-3-16-18(12-20(23(24,25)26)28-21(16)19)30-7-5-29(6-8-30)15-11-17(27-13-15)22(32)31-9-10-34-14-31;;/h2-4,12,15,17,27H,5-11,13-14H2,1H3;2*1H/t15-,17-;;/m0../s1. The van der Waals surface area contributed by atoms with Crippen molar-refractivity contribution < 1.29 is 22.7 Å². The Bertz CT molecular complexity index is 1070. The van der Waals surface area contributed by atoms with Gasteiger partial charge in [0.05, 0.1) is 19.0 Å². The van der Waals surface area contributed by atoms with E-state index < -0.39 is 11.9 Å². The number of ether oxygens (including phenoxy) is 1. The third kappa shape index (κ3) is 5.75. The molecule has 2 aromatic rings. The van der Waals surface area contributed by atoms with E-state index in [4.69, 9.17) is 4.74 Å². The summed E-state index contributed by atoms with van der Waals surface area (Å²) < 4.78 is 46.1. The Hall–Kier alpha value is -1.66. The molecule has 3 aliphatic rings. The van der Waals surface area contributed by atoms with Crippen molar-refractivity contribution in [3.05, 3.63) is 30.0 Å². The van der Waals surface area contributed by atoms with Gasteiger partial charge in [0, 0.05) is 62.1 Å². The Morgan fingerprint density at radius 3 is 2.56 bits per heavy atom. The summed E-state index contributed by atoms with van der Waals surface area (Å²) in [6.45, 7) is 4.22. The number of halogens is 5. The van der Waals surface area contributed by atoms with E-state index in [-0.39, 0.29) is 48.3 Å². The van der Waals surface area contributed by atoms with Crippen LogP contribution in [0.3, 0.4) is 0 Å². The second kappa shape index (κ2) is 11.8. The van der Waals surface area contributed by atoms with Crippen LogP contribution in [0.4, 0.5) is 18.9 Å². The molecule has 3 fully saturated rings. The molecule has 4 heterocycles. The van der Waals surface area contributed by atoms with Crippen LogP contribution >= 0.6 is 36.6 Å². The van der Waals surface area contributed by atoms with Crippen LogP contribution < -0.4 is 15.0 Å². The molecule has 5 rings (SSSR count). The van der Waals surface area contributed by atoms with Gasteiger partial charge < -0.3 is 19.9 Å². The first-order valence-corrected chi connectivity index (χ1v) is 12.6. The molecule has 0 unspecified atom stereocenters. The number of nitrogens with zero attached hydrogens (tertiary/aromatic N) is 4. The molecule has 200 valence electrons. The molecule has 2 atom stereocenters. The first-order chi connectivity index (χ1) is 16.3. The van der Waals surface area contributed by atoms with E-state index in [9.17, 15) is 18.0 Å². The van der Waals surface area contributed by atoms with E-state index in [1.54, 1.807) is 30.0 Å². The molecule has 1 amide bonds. The quantitative estimate of drug-likeness (QED) is 0.606. The molecule has 0 bridgehead atoms. The number of para-hydroxylation sites is 1. The van der Waals surface area contributed by atoms with Gasteiger partial charge in [-0.25, -0.2) is 4.98 Å². The Morgan fingerprint density at radius 2 is 1.92 bits per heavy atom. The molecular weight excluding hydrogens is 538 g/mol. The maximum Gasteiger partial charge on any atom is 0.433 e. The lowest BCUT2D eigenvalue weighted by Crippen LogP contribution is -2.51. The van der Waals surface area contributed by atoms with Crippen LogP contribution in [0.2, 0.25) is 0 Å². The second-order valence-electron chi connectivity index (χ2n) is 8.89. The number of piperazine rings is 1. The summed E-state index contributed by atoms with van der Waals surface area (Å²) in [5.74, 6) is 2.27. The Balaban J connectivity index is 0.00000180. The fraction of sp³-hybridized carbons (Fsp3) is 0.565. The molecule has 3 aliphatic heterocycles. The van der Waals surface area contributed by atoms with E-state index in [0.717, 1.165) is 50.3 Å². The van der Waals surface area contributed by atoms with Gasteiger partial charge in [0.2, 0.25) is 5.91 Å². The van der Waals surface area contributed by atoms with Crippen molar-refractivity contribution >= 4 is 59.1 Å². The summed E-state index contributed by atoms with van der Waals surface area (Å²) in [4.78, 5) is 22.9. The monoisotopic (exact) mass is 567 g/mol. The van der Waals surface area contributed by atoms with Gasteiger partial charge in [-0.05, 0) is 18.6 Å². The molecule has 0 radical (unpaired) electrons. The van der Waals surface area contributed by atoms with Gasteiger partial charge >= 0.3 is 6.18 Å². The predicted octanol–water partition coefficient (Wildman–Crippen LogP) is 3.49. The summed E-state index contributed by atoms with van der Waals surface area (Å²) in [7, 11) is 1.44. The highest BCUT2D eigenvalue weighted by Crippen LogP contribution is 2.38. The van der Waals surface area contributed by atoms with Crippen LogP contribution in [0.5, 0.6) is 5.75 Å². The van der Waals surface area contributed by atoms with Crippen molar-refractivity contribution in [1.82, 2.24) is 20.1 Å². The number of nitrogens with one attached hydrogen (secondary N) is 1. The summed E-state index contributed by atoms with van der Waals surface area (Å²) in [5, 5.41) is 4.03. The zero-order chi connectivity index (χ0) is 23.9. The number of aromatic nitrogens is 1. The molecular formula is C23H30Cl2F3N5O2S. The van der Waals surface area contributed by atoms with Crippen molar-refractivity contribution in [2.24, 2.45) is 0 Å². The molecule has 1 N–H and O–H groups in total. The number of benzene rings is 1. The number of alkyl halides is 3. The number of thioether (sulfide) groups is 1. The number of carbonyl (C=O) groups is 1. The summed E-state index contributed by atoms with van der Waals surface area (Å²) in [6, 6.07) is 6.45. The minimum atomic E-state index is -4.55. The minimum Gasteiger partial charge on any atom is -0.494 e. The highest BCUT2D eigenvalue weighted by Gasteiger charge is 2.38. The molecule has 1 aromatic heterocycles. The summed E-state index contributed by atoms with van der Waals surface area (Å²) in [5.41, 5.74) is -0.165. The van der Waals surface area contributed by atoms with Crippen LogP contribution in [0.25, 0.3) is 10.9 Å². The average molecular weight is 568 g/mol. The number of amides is 1. The first-order valence-electron chi connectivity index (χ1n) is 11.5. The van der Waals surface area contributed by atoms with Gasteiger partial charge in [-0.3, -0.25) is 9.69 Å². The van der Waals surface area contributed by atoms with Crippen molar-refractivity contribution in [2.45, 2.75) is 24.7 Å². The highest BCUT2D eigenvalue weighted by molar-refractivity contribution is 7.99. The Labute approximate surface area is 224 Å². The number of hydrogen-bond donors (Lipinski definition) is 1. The average Bonchev–Trinajstić information content (AvgIpc) is 3.55. The second-order valence-corrected chi connectivity index (χ2v) is 9.97. The Kier molecular flexibility index (Phi) is 9.48. The summed E-state index contributed by atoms with van der Waals surface area (Å²) in [6.07, 6.45) is -3.77.